The quantitative estimate of drug-likeness (QED) is 0.630. The van der Waals surface area contributed by atoms with Crippen LogP contribution in [0.4, 0.5) is 4.39 Å². The Balaban J connectivity index is 1.62. The van der Waals surface area contributed by atoms with E-state index in [1.807, 2.05) is 0 Å². The fourth-order valence-electron chi connectivity index (χ4n) is 1.90. The van der Waals surface area contributed by atoms with E-state index in [0.29, 0.717) is 24.5 Å². The zero-order valence-corrected chi connectivity index (χ0v) is 12.7. The molecule has 1 heterocycles. The average molecular weight is 319 g/mol. The van der Waals surface area contributed by atoms with Gasteiger partial charge in [-0.25, -0.2) is 4.39 Å². The molecule has 2 rings (SSSR count). The second kappa shape index (κ2) is 7.98. The molecule has 1 aromatic carbocycles. The van der Waals surface area contributed by atoms with E-state index in [9.17, 15) is 14.0 Å². The van der Waals surface area contributed by atoms with Crippen molar-refractivity contribution in [2.45, 2.75) is 12.8 Å². The minimum Gasteiger partial charge on any atom is -0.494 e. The van der Waals surface area contributed by atoms with Crippen molar-refractivity contribution in [3.8, 4) is 5.75 Å². The van der Waals surface area contributed by atoms with Gasteiger partial charge < -0.3 is 9.30 Å². The summed E-state index contributed by atoms with van der Waals surface area (Å²) in [6, 6.07) is 9.05. The van der Waals surface area contributed by atoms with Crippen LogP contribution in [0.5, 0.6) is 5.75 Å². The highest BCUT2D eigenvalue weighted by molar-refractivity contribution is 5.94. The largest absolute Gasteiger partial charge is 0.494 e. The van der Waals surface area contributed by atoms with Crippen molar-refractivity contribution >= 4 is 11.8 Å². The number of nitrogens with one attached hydrogen (secondary N) is 2. The molecule has 0 fully saturated rings. The first kappa shape index (κ1) is 16.5. The number of aromatic nitrogens is 1. The third kappa shape index (κ3) is 5.14. The number of benzene rings is 1. The van der Waals surface area contributed by atoms with Crippen molar-refractivity contribution in [1.82, 2.24) is 15.4 Å². The van der Waals surface area contributed by atoms with Gasteiger partial charge in [-0.05, 0) is 42.8 Å². The molecule has 122 valence electrons. The van der Waals surface area contributed by atoms with Gasteiger partial charge >= 0.3 is 0 Å². The summed E-state index contributed by atoms with van der Waals surface area (Å²) in [5.74, 6) is -0.474. The lowest BCUT2D eigenvalue weighted by Gasteiger charge is -2.08. The van der Waals surface area contributed by atoms with Gasteiger partial charge in [0, 0.05) is 19.7 Å². The molecule has 1 aromatic heterocycles. The van der Waals surface area contributed by atoms with Gasteiger partial charge in [0.1, 0.15) is 17.3 Å². The van der Waals surface area contributed by atoms with Gasteiger partial charge in [0.25, 0.3) is 5.91 Å². The second-order valence-electron chi connectivity index (χ2n) is 4.91. The first-order chi connectivity index (χ1) is 11.1. The normalized spacial score (nSPS) is 10.2. The van der Waals surface area contributed by atoms with Gasteiger partial charge in [-0.1, -0.05) is 0 Å². The van der Waals surface area contributed by atoms with Crippen molar-refractivity contribution in [2.75, 3.05) is 6.61 Å². The third-order valence-corrected chi connectivity index (χ3v) is 3.12. The number of carbonyl (C=O) groups is 2. The zero-order chi connectivity index (χ0) is 16.7. The van der Waals surface area contributed by atoms with Gasteiger partial charge in [-0.15, -0.1) is 0 Å². The average Bonchev–Trinajstić information content (AvgIpc) is 2.97. The van der Waals surface area contributed by atoms with E-state index < -0.39 is 0 Å². The number of nitrogens with zero attached hydrogens (tertiary/aromatic N) is 1. The highest BCUT2D eigenvalue weighted by atomic mass is 19.1. The highest BCUT2D eigenvalue weighted by Crippen LogP contribution is 2.11. The molecule has 0 unspecified atom stereocenters. The summed E-state index contributed by atoms with van der Waals surface area (Å²) in [6.07, 6.45) is 2.42. The van der Waals surface area contributed by atoms with E-state index in [2.05, 4.69) is 10.9 Å². The molecule has 0 aliphatic heterocycles. The minimum absolute atomic E-state index is 0.203. The molecule has 0 saturated carbocycles. The van der Waals surface area contributed by atoms with Crippen LogP contribution in [0, 0.1) is 5.82 Å². The van der Waals surface area contributed by atoms with Crippen molar-refractivity contribution < 1.29 is 18.7 Å². The molecule has 0 bridgehead atoms. The number of carbonyl (C=O) groups excluding carboxylic acids is 2. The smallest absolute Gasteiger partial charge is 0.286 e. The maximum absolute atomic E-state index is 12.7. The Kier molecular flexibility index (Phi) is 5.74. The number of halogens is 1. The Labute approximate surface area is 133 Å². The van der Waals surface area contributed by atoms with Crippen molar-refractivity contribution in [1.29, 1.82) is 0 Å². The summed E-state index contributed by atoms with van der Waals surface area (Å²) in [5, 5.41) is 0. The molecule has 0 aliphatic rings. The van der Waals surface area contributed by atoms with Crippen LogP contribution < -0.4 is 15.6 Å². The lowest BCUT2D eigenvalue weighted by Crippen LogP contribution is -2.42. The molecule has 2 aromatic rings. The number of amides is 2. The molecule has 7 heteroatoms. The second-order valence-corrected chi connectivity index (χ2v) is 4.91. The lowest BCUT2D eigenvalue weighted by molar-refractivity contribution is -0.122. The topological polar surface area (TPSA) is 72.4 Å². The van der Waals surface area contributed by atoms with Crippen LogP contribution in [0.25, 0.3) is 0 Å². The summed E-state index contributed by atoms with van der Waals surface area (Å²) >= 11 is 0. The predicted molar refractivity (Wildman–Crippen MR) is 82.2 cm³/mol. The van der Waals surface area contributed by atoms with E-state index >= 15 is 0 Å². The van der Waals surface area contributed by atoms with Crippen LogP contribution in [-0.2, 0) is 11.8 Å². The van der Waals surface area contributed by atoms with Gasteiger partial charge in [0.15, 0.2) is 0 Å². The summed E-state index contributed by atoms with van der Waals surface area (Å²) in [6.45, 7) is 0.324. The molecule has 0 spiro atoms. The Morgan fingerprint density at radius 3 is 2.57 bits per heavy atom. The van der Waals surface area contributed by atoms with Crippen LogP contribution in [0.2, 0.25) is 0 Å². The molecule has 23 heavy (non-hydrogen) atoms. The van der Waals surface area contributed by atoms with Crippen LogP contribution in [-0.4, -0.2) is 23.0 Å². The van der Waals surface area contributed by atoms with Crippen molar-refractivity contribution in [3.63, 3.8) is 0 Å². The van der Waals surface area contributed by atoms with Crippen LogP contribution in [0.3, 0.4) is 0 Å². The molecule has 6 nitrogen and oxygen atoms in total. The summed E-state index contributed by atoms with van der Waals surface area (Å²) in [4.78, 5) is 23.4. The first-order valence-electron chi connectivity index (χ1n) is 7.15. The van der Waals surface area contributed by atoms with E-state index in [0.717, 1.165) is 0 Å². The Bertz CT molecular complexity index is 667. The van der Waals surface area contributed by atoms with Crippen LogP contribution >= 0.6 is 0 Å². The number of hydrogen-bond acceptors (Lipinski definition) is 3. The molecular weight excluding hydrogens is 301 g/mol. The maximum Gasteiger partial charge on any atom is 0.286 e. The minimum atomic E-state index is -0.381. The highest BCUT2D eigenvalue weighted by Gasteiger charge is 2.09. The standard InChI is InChI=1S/C16H18FN3O3/c1-20-10-2-4-14(20)16(22)19-18-15(21)5-3-11-23-13-8-6-12(17)7-9-13/h2,4,6-10H,3,5,11H2,1H3,(H,18,21)(H,19,22). The molecular formula is C16H18FN3O3. The Hall–Kier alpha value is -2.83. The molecule has 0 radical (unpaired) electrons. The fourth-order valence-corrected chi connectivity index (χ4v) is 1.90. The van der Waals surface area contributed by atoms with Crippen molar-refractivity contribution in [2.24, 2.45) is 7.05 Å². The molecule has 0 atom stereocenters. The van der Waals surface area contributed by atoms with E-state index in [1.165, 1.54) is 24.3 Å². The summed E-state index contributed by atoms with van der Waals surface area (Å²) in [5.41, 5.74) is 5.14. The Morgan fingerprint density at radius 1 is 1.17 bits per heavy atom. The molecule has 0 aliphatic carbocycles. The first-order valence-corrected chi connectivity index (χ1v) is 7.15. The number of hydrogen-bond donors (Lipinski definition) is 2. The number of ether oxygens (including phenoxy) is 1. The molecule has 0 saturated heterocycles. The SMILES string of the molecule is Cn1cccc1C(=O)NNC(=O)CCCOc1ccc(F)cc1. The fraction of sp³-hybridized carbons (Fsp3) is 0.250. The Morgan fingerprint density at radius 2 is 1.91 bits per heavy atom. The summed E-state index contributed by atoms with van der Waals surface area (Å²) in [7, 11) is 1.74. The predicted octanol–water partition coefficient (Wildman–Crippen LogP) is 1.78. The van der Waals surface area contributed by atoms with Gasteiger partial charge in [-0.3, -0.25) is 20.4 Å². The third-order valence-electron chi connectivity index (χ3n) is 3.12. The number of rotatable bonds is 6. The number of hydrazine groups is 1. The zero-order valence-electron chi connectivity index (χ0n) is 12.7. The van der Waals surface area contributed by atoms with Gasteiger partial charge in [-0.2, -0.15) is 0 Å². The molecule has 2 amide bonds. The van der Waals surface area contributed by atoms with E-state index in [-0.39, 0.29) is 24.1 Å². The van der Waals surface area contributed by atoms with Crippen LogP contribution in [0.15, 0.2) is 42.6 Å². The van der Waals surface area contributed by atoms with E-state index in [1.54, 1.807) is 29.9 Å². The monoisotopic (exact) mass is 319 g/mol. The maximum atomic E-state index is 12.7. The van der Waals surface area contributed by atoms with E-state index in [4.69, 9.17) is 4.74 Å². The number of aryl methyl sites for hydroxylation is 1. The lowest BCUT2D eigenvalue weighted by atomic mass is 10.3. The van der Waals surface area contributed by atoms with Gasteiger partial charge in [0.2, 0.25) is 5.91 Å². The van der Waals surface area contributed by atoms with Gasteiger partial charge in [0.05, 0.1) is 6.61 Å². The van der Waals surface area contributed by atoms with Crippen LogP contribution in [0.1, 0.15) is 23.3 Å². The molecule has 2 N–H and O–H groups in total. The summed E-state index contributed by atoms with van der Waals surface area (Å²) < 4.78 is 19.7. The van der Waals surface area contributed by atoms with Crippen molar-refractivity contribution in [3.05, 3.63) is 54.1 Å².